The van der Waals surface area contributed by atoms with Gasteiger partial charge in [0.1, 0.15) is 17.7 Å². The fraction of sp³-hybridized carbons (Fsp3) is 0.621. The lowest BCUT2D eigenvalue weighted by Gasteiger charge is -2.44. The predicted octanol–water partition coefficient (Wildman–Crippen LogP) is 5.95. The van der Waals surface area contributed by atoms with E-state index in [2.05, 4.69) is 24.1 Å². The molecule has 0 aliphatic rings. The van der Waals surface area contributed by atoms with Crippen molar-refractivity contribution in [2.75, 3.05) is 18.6 Å². The Hall–Kier alpha value is -2.48. The summed E-state index contributed by atoms with van der Waals surface area (Å²) in [5.74, 6) is 0.100. The standard InChI is InChI=1S/C29H47N3O4S/c1-10-13-18-30-25(33)24(22-16-14-15-21(11-2)20-22)32(29(7,8)12-3)26(34)23(17-19-37-9)31-27(35)36-28(4,5)6/h11,14-16,20,23-24H,2,10,12-13,17-19H2,1,3-9H3,(H,30,33)(H,31,35). The Kier molecular flexibility index (Phi) is 13.2. The highest BCUT2D eigenvalue weighted by atomic mass is 32.2. The van der Waals surface area contributed by atoms with Crippen molar-refractivity contribution in [1.82, 2.24) is 15.5 Å². The molecule has 0 radical (unpaired) electrons. The topological polar surface area (TPSA) is 87.7 Å². The number of hydrogen-bond donors (Lipinski definition) is 2. The lowest BCUT2D eigenvalue weighted by Crippen LogP contribution is -2.59. The normalized spacial score (nSPS) is 13.3. The summed E-state index contributed by atoms with van der Waals surface area (Å²) in [5, 5.41) is 5.82. The molecular weight excluding hydrogens is 486 g/mol. The number of carbonyl (C=O) groups is 3. The highest BCUT2D eigenvalue weighted by Gasteiger charge is 2.43. The summed E-state index contributed by atoms with van der Waals surface area (Å²) in [6.07, 6.45) is 5.82. The highest BCUT2D eigenvalue weighted by molar-refractivity contribution is 7.98. The van der Waals surface area contributed by atoms with Crippen molar-refractivity contribution in [2.24, 2.45) is 0 Å². The van der Waals surface area contributed by atoms with Crippen LogP contribution in [-0.2, 0) is 14.3 Å². The minimum atomic E-state index is -0.878. The Morgan fingerprint density at radius 2 is 1.84 bits per heavy atom. The van der Waals surface area contributed by atoms with Gasteiger partial charge < -0.3 is 20.3 Å². The maximum atomic E-state index is 14.3. The van der Waals surface area contributed by atoms with E-state index < -0.39 is 29.3 Å². The first kappa shape index (κ1) is 32.5. The van der Waals surface area contributed by atoms with E-state index in [9.17, 15) is 14.4 Å². The molecule has 0 fully saturated rings. The van der Waals surface area contributed by atoms with Gasteiger partial charge in [0.2, 0.25) is 11.8 Å². The molecule has 8 heteroatoms. The second-order valence-corrected chi connectivity index (χ2v) is 11.8. The van der Waals surface area contributed by atoms with Gasteiger partial charge >= 0.3 is 6.09 Å². The van der Waals surface area contributed by atoms with E-state index >= 15 is 0 Å². The zero-order chi connectivity index (χ0) is 28.2. The monoisotopic (exact) mass is 533 g/mol. The molecule has 2 unspecified atom stereocenters. The molecule has 208 valence electrons. The van der Waals surface area contributed by atoms with E-state index in [1.807, 2.05) is 51.3 Å². The Balaban J connectivity index is 3.61. The predicted molar refractivity (Wildman–Crippen MR) is 155 cm³/mol. The van der Waals surface area contributed by atoms with E-state index in [1.54, 1.807) is 43.5 Å². The first-order chi connectivity index (χ1) is 17.3. The molecule has 0 aromatic heterocycles. The first-order valence-corrected chi connectivity index (χ1v) is 14.5. The van der Waals surface area contributed by atoms with Crippen molar-refractivity contribution in [1.29, 1.82) is 0 Å². The molecule has 0 aliphatic heterocycles. The number of alkyl carbamates (subject to hydrolysis) is 1. The van der Waals surface area contributed by atoms with Crippen LogP contribution in [0.3, 0.4) is 0 Å². The molecule has 0 bridgehead atoms. The molecule has 1 rings (SSSR count). The van der Waals surface area contributed by atoms with Crippen molar-refractivity contribution in [3.63, 3.8) is 0 Å². The number of ether oxygens (including phenoxy) is 1. The third kappa shape index (κ3) is 10.4. The summed E-state index contributed by atoms with van der Waals surface area (Å²) in [7, 11) is 0. The maximum Gasteiger partial charge on any atom is 0.408 e. The summed E-state index contributed by atoms with van der Waals surface area (Å²) in [5.41, 5.74) is 0.173. The van der Waals surface area contributed by atoms with E-state index in [-0.39, 0.29) is 11.8 Å². The van der Waals surface area contributed by atoms with Crippen molar-refractivity contribution >= 4 is 35.7 Å². The molecule has 0 saturated heterocycles. The van der Waals surface area contributed by atoms with Crippen LogP contribution in [0.25, 0.3) is 6.08 Å². The van der Waals surface area contributed by atoms with Gasteiger partial charge in [0.25, 0.3) is 0 Å². The molecule has 3 amide bonds. The minimum absolute atomic E-state index is 0.245. The van der Waals surface area contributed by atoms with Crippen molar-refractivity contribution < 1.29 is 19.1 Å². The Morgan fingerprint density at radius 3 is 2.38 bits per heavy atom. The van der Waals surface area contributed by atoms with Crippen LogP contribution in [0.1, 0.15) is 91.3 Å². The summed E-state index contributed by atoms with van der Waals surface area (Å²) >= 11 is 1.59. The number of nitrogens with zero attached hydrogens (tertiary/aromatic N) is 1. The zero-order valence-electron chi connectivity index (χ0n) is 24.0. The smallest absolute Gasteiger partial charge is 0.408 e. The number of amides is 3. The molecule has 7 nitrogen and oxygen atoms in total. The molecule has 1 aromatic carbocycles. The van der Waals surface area contributed by atoms with Gasteiger partial charge in [-0.1, -0.05) is 51.1 Å². The molecule has 0 spiro atoms. The Labute approximate surface area is 228 Å². The summed E-state index contributed by atoms with van der Waals surface area (Å²) < 4.78 is 5.46. The minimum Gasteiger partial charge on any atom is -0.444 e. The largest absolute Gasteiger partial charge is 0.444 e. The SMILES string of the molecule is C=Cc1cccc(C(C(=O)NCCCC)N(C(=O)C(CCSC)NC(=O)OC(C)(C)C)C(C)(C)CC)c1. The van der Waals surface area contributed by atoms with Crippen LogP contribution in [0.2, 0.25) is 0 Å². The van der Waals surface area contributed by atoms with Crippen LogP contribution in [-0.4, -0.2) is 58.5 Å². The number of nitrogens with one attached hydrogen (secondary N) is 2. The van der Waals surface area contributed by atoms with Crippen molar-refractivity contribution in [3.8, 4) is 0 Å². The van der Waals surface area contributed by atoms with Gasteiger partial charge in [0, 0.05) is 12.1 Å². The van der Waals surface area contributed by atoms with E-state index in [4.69, 9.17) is 4.74 Å². The van der Waals surface area contributed by atoms with Gasteiger partial charge in [-0.05, 0) is 83.1 Å². The fourth-order valence-corrected chi connectivity index (χ4v) is 4.29. The molecule has 0 saturated carbocycles. The molecular formula is C29H47N3O4S. The van der Waals surface area contributed by atoms with Gasteiger partial charge in [-0.25, -0.2) is 4.79 Å². The molecule has 0 aliphatic carbocycles. The fourth-order valence-electron chi connectivity index (χ4n) is 3.81. The number of hydrogen-bond acceptors (Lipinski definition) is 5. The second kappa shape index (κ2) is 15.1. The maximum absolute atomic E-state index is 14.3. The Morgan fingerprint density at radius 1 is 1.16 bits per heavy atom. The van der Waals surface area contributed by atoms with Crippen LogP contribution in [0.4, 0.5) is 4.79 Å². The van der Waals surface area contributed by atoms with Gasteiger partial charge in [-0.3, -0.25) is 9.59 Å². The third-order valence-corrected chi connectivity index (χ3v) is 6.80. The number of benzene rings is 1. The summed E-state index contributed by atoms with van der Waals surface area (Å²) in [6.45, 7) is 17.7. The number of rotatable bonds is 14. The van der Waals surface area contributed by atoms with Gasteiger partial charge in [0.05, 0.1) is 0 Å². The number of unbranched alkanes of at least 4 members (excludes halogenated alkanes) is 1. The zero-order valence-corrected chi connectivity index (χ0v) is 24.8. The number of carbonyl (C=O) groups excluding carboxylic acids is 3. The lowest BCUT2D eigenvalue weighted by molar-refractivity contribution is -0.149. The third-order valence-electron chi connectivity index (χ3n) is 6.15. The van der Waals surface area contributed by atoms with Crippen LogP contribution < -0.4 is 10.6 Å². The molecule has 2 atom stereocenters. The average molecular weight is 534 g/mol. The van der Waals surface area contributed by atoms with Crippen LogP contribution in [0, 0.1) is 0 Å². The van der Waals surface area contributed by atoms with E-state index in [1.165, 1.54) is 0 Å². The van der Waals surface area contributed by atoms with E-state index in [0.29, 0.717) is 30.7 Å². The van der Waals surface area contributed by atoms with Crippen LogP contribution in [0.5, 0.6) is 0 Å². The summed E-state index contributed by atoms with van der Waals surface area (Å²) in [6, 6.07) is 5.80. The van der Waals surface area contributed by atoms with Crippen LogP contribution in [0.15, 0.2) is 30.8 Å². The van der Waals surface area contributed by atoms with E-state index in [0.717, 1.165) is 18.4 Å². The number of thioether (sulfide) groups is 1. The molecule has 1 aromatic rings. The Bertz CT molecular complexity index is 911. The quantitative estimate of drug-likeness (QED) is 0.289. The van der Waals surface area contributed by atoms with Gasteiger partial charge in [0.15, 0.2) is 0 Å². The van der Waals surface area contributed by atoms with Crippen molar-refractivity contribution in [3.05, 3.63) is 42.0 Å². The van der Waals surface area contributed by atoms with Gasteiger partial charge in [-0.2, -0.15) is 11.8 Å². The first-order valence-electron chi connectivity index (χ1n) is 13.1. The lowest BCUT2D eigenvalue weighted by atomic mass is 9.91. The average Bonchev–Trinajstić information content (AvgIpc) is 2.83. The van der Waals surface area contributed by atoms with Gasteiger partial charge in [-0.15, -0.1) is 0 Å². The van der Waals surface area contributed by atoms with Crippen molar-refractivity contribution in [2.45, 2.75) is 97.4 Å². The molecule has 2 N–H and O–H groups in total. The molecule has 0 heterocycles. The highest BCUT2D eigenvalue weighted by Crippen LogP contribution is 2.33. The van der Waals surface area contributed by atoms with Crippen LogP contribution >= 0.6 is 11.8 Å². The second-order valence-electron chi connectivity index (χ2n) is 10.8. The summed E-state index contributed by atoms with van der Waals surface area (Å²) in [4.78, 5) is 42.4. The molecule has 37 heavy (non-hydrogen) atoms.